The average Bonchev–Trinajstić information content (AvgIpc) is 2.45. The Labute approximate surface area is 90.0 Å². The first-order chi connectivity index (χ1) is 7.07. The van der Waals surface area contributed by atoms with Crippen molar-refractivity contribution in [2.75, 3.05) is 6.54 Å². The molecule has 0 saturated carbocycles. The van der Waals surface area contributed by atoms with Crippen LogP contribution in [0.1, 0.15) is 36.8 Å². The highest BCUT2D eigenvalue weighted by atomic mass is 16.1. The number of carbonyl (C=O) groups excluding carboxylic acids is 1. The van der Waals surface area contributed by atoms with Crippen LogP contribution >= 0.6 is 0 Å². The molecule has 15 heavy (non-hydrogen) atoms. The van der Waals surface area contributed by atoms with E-state index in [0.717, 1.165) is 12.1 Å². The minimum absolute atomic E-state index is 0.368. The van der Waals surface area contributed by atoms with Crippen molar-refractivity contribution in [3.05, 3.63) is 17.0 Å². The van der Waals surface area contributed by atoms with Crippen molar-refractivity contribution < 1.29 is 4.79 Å². The fraction of sp³-hybridized carbons (Fsp3) is 0.636. The van der Waals surface area contributed by atoms with Crippen LogP contribution in [0.25, 0.3) is 0 Å². The minimum atomic E-state index is 0.368. The van der Waals surface area contributed by atoms with Gasteiger partial charge in [-0.2, -0.15) is 5.10 Å². The molecule has 0 N–H and O–H groups in total. The van der Waals surface area contributed by atoms with Gasteiger partial charge in [-0.15, -0.1) is 0 Å². The normalized spacial score (nSPS) is 10.5. The molecule has 4 nitrogen and oxygen atoms in total. The number of hydrogen-bond donors (Lipinski definition) is 0. The molecule has 4 heteroatoms. The summed E-state index contributed by atoms with van der Waals surface area (Å²) in [6.45, 7) is 8.75. The molecule has 0 fully saturated rings. The van der Waals surface area contributed by atoms with Gasteiger partial charge >= 0.3 is 0 Å². The first-order valence-electron chi connectivity index (χ1n) is 5.16. The maximum atomic E-state index is 9.97. The van der Waals surface area contributed by atoms with Gasteiger partial charge in [-0.3, -0.25) is 4.68 Å². The summed E-state index contributed by atoms with van der Waals surface area (Å²) in [5.74, 6) is 0. The minimum Gasteiger partial charge on any atom is -0.267 e. The Hall–Kier alpha value is -1.41. The average molecular weight is 207 g/mol. The maximum absolute atomic E-state index is 9.97. The molecule has 0 radical (unpaired) electrons. The van der Waals surface area contributed by atoms with E-state index >= 15 is 0 Å². The van der Waals surface area contributed by atoms with Crippen LogP contribution in [-0.2, 0) is 11.2 Å². The lowest BCUT2D eigenvalue weighted by atomic mass is 10.1. The Morgan fingerprint density at radius 1 is 1.47 bits per heavy atom. The maximum Gasteiger partial charge on any atom is 0.234 e. The van der Waals surface area contributed by atoms with E-state index in [0.29, 0.717) is 12.6 Å². The molecule has 0 spiro atoms. The smallest absolute Gasteiger partial charge is 0.234 e. The highest BCUT2D eigenvalue weighted by molar-refractivity contribution is 5.33. The van der Waals surface area contributed by atoms with Crippen molar-refractivity contribution in [2.24, 2.45) is 4.99 Å². The van der Waals surface area contributed by atoms with E-state index in [4.69, 9.17) is 0 Å². The number of nitrogens with zero attached hydrogens (tertiary/aromatic N) is 3. The van der Waals surface area contributed by atoms with Crippen molar-refractivity contribution >= 4 is 6.08 Å². The van der Waals surface area contributed by atoms with Crippen LogP contribution < -0.4 is 0 Å². The van der Waals surface area contributed by atoms with E-state index in [-0.39, 0.29) is 0 Å². The van der Waals surface area contributed by atoms with Crippen LogP contribution in [0.4, 0.5) is 0 Å². The second kappa shape index (κ2) is 4.89. The van der Waals surface area contributed by atoms with E-state index in [2.05, 4.69) is 30.9 Å². The van der Waals surface area contributed by atoms with Gasteiger partial charge in [0.1, 0.15) is 0 Å². The van der Waals surface area contributed by atoms with Crippen LogP contribution in [0.3, 0.4) is 0 Å². The quantitative estimate of drug-likeness (QED) is 0.559. The SMILES string of the molecule is Cc1nn(C(C)C)c(C)c1CCN=C=O. The lowest BCUT2D eigenvalue weighted by Gasteiger charge is -2.08. The van der Waals surface area contributed by atoms with Gasteiger partial charge in [-0.1, -0.05) is 0 Å². The van der Waals surface area contributed by atoms with Crippen molar-refractivity contribution in [1.82, 2.24) is 9.78 Å². The number of rotatable bonds is 4. The molecule has 0 atom stereocenters. The summed E-state index contributed by atoms with van der Waals surface area (Å²) in [5.41, 5.74) is 3.40. The summed E-state index contributed by atoms with van der Waals surface area (Å²) in [7, 11) is 0. The van der Waals surface area contributed by atoms with Crippen molar-refractivity contribution in [3.63, 3.8) is 0 Å². The zero-order chi connectivity index (χ0) is 11.4. The predicted octanol–water partition coefficient (Wildman–Crippen LogP) is 1.96. The highest BCUT2D eigenvalue weighted by Crippen LogP contribution is 2.17. The Morgan fingerprint density at radius 3 is 2.60 bits per heavy atom. The Morgan fingerprint density at radius 2 is 2.13 bits per heavy atom. The summed E-state index contributed by atoms with van der Waals surface area (Å²) >= 11 is 0. The first kappa shape index (κ1) is 11.7. The second-order valence-electron chi connectivity index (χ2n) is 3.91. The molecule has 1 aromatic rings. The molecule has 0 saturated heterocycles. The molecule has 82 valence electrons. The molecule has 0 amide bonds. The van der Waals surface area contributed by atoms with E-state index < -0.39 is 0 Å². The van der Waals surface area contributed by atoms with Gasteiger partial charge in [0.15, 0.2) is 0 Å². The molecule has 0 aliphatic heterocycles. The molecule has 0 aliphatic rings. The number of isocyanates is 1. The fourth-order valence-corrected chi connectivity index (χ4v) is 1.77. The molecule has 0 unspecified atom stereocenters. The molecule has 0 aliphatic carbocycles. The standard InChI is InChI=1S/C11H17N3O/c1-8(2)14-10(4)11(9(3)13-14)5-6-12-7-15/h8H,5-6H2,1-4H3. The van der Waals surface area contributed by atoms with Crippen LogP contribution in [0.2, 0.25) is 0 Å². The van der Waals surface area contributed by atoms with E-state index in [1.54, 1.807) is 6.08 Å². The van der Waals surface area contributed by atoms with Gasteiger partial charge in [-0.05, 0) is 39.7 Å². The molecular formula is C11H17N3O. The lowest BCUT2D eigenvalue weighted by molar-refractivity contribution is 0.515. The van der Waals surface area contributed by atoms with Gasteiger partial charge in [-0.25, -0.2) is 9.79 Å². The third kappa shape index (κ3) is 2.54. The number of hydrogen-bond acceptors (Lipinski definition) is 3. The molecule has 0 aromatic carbocycles. The third-order valence-corrected chi connectivity index (χ3v) is 2.50. The van der Waals surface area contributed by atoms with E-state index in [9.17, 15) is 4.79 Å². The van der Waals surface area contributed by atoms with Gasteiger partial charge in [0.25, 0.3) is 0 Å². The topological polar surface area (TPSA) is 47.2 Å². The fourth-order valence-electron chi connectivity index (χ4n) is 1.77. The summed E-state index contributed by atoms with van der Waals surface area (Å²) in [4.78, 5) is 13.5. The zero-order valence-corrected chi connectivity index (χ0v) is 9.74. The summed E-state index contributed by atoms with van der Waals surface area (Å²) in [5, 5.41) is 4.46. The Balaban J connectivity index is 2.92. The number of aromatic nitrogens is 2. The van der Waals surface area contributed by atoms with Crippen LogP contribution in [0.5, 0.6) is 0 Å². The molecule has 1 rings (SSSR count). The van der Waals surface area contributed by atoms with Gasteiger partial charge in [0, 0.05) is 11.7 Å². The Kier molecular flexibility index (Phi) is 3.81. The number of aliphatic imine (C=N–C) groups is 1. The van der Waals surface area contributed by atoms with Crippen molar-refractivity contribution in [2.45, 2.75) is 40.2 Å². The third-order valence-electron chi connectivity index (χ3n) is 2.50. The van der Waals surface area contributed by atoms with Crippen LogP contribution in [0, 0.1) is 13.8 Å². The van der Waals surface area contributed by atoms with Gasteiger partial charge in [0.2, 0.25) is 6.08 Å². The molecule has 1 heterocycles. The lowest BCUT2D eigenvalue weighted by Crippen LogP contribution is -2.05. The predicted molar refractivity (Wildman–Crippen MR) is 58.8 cm³/mol. The molecule has 1 aromatic heterocycles. The second-order valence-corrected chi connectivity index (χ2v) is 3.91. The molecule has 0 bridgehead atoms. The van der Waals surface area contributed by atoms with Crippen molar-refractivity contribution in [1.29, 1.82) is 0 Å². The number of aryl methyl sites for hydroxylation is 1. The largest absolute Gasteiger partial charge is 0.267 e. The van der Waals surface area contributed by atoms with Crippen LogP contribution in [0.15, 0.2) is 4.99 Å². The van der Waals surface area contributed by atoms with E-state index in [1.165, 1.54) is 11.3 Å². The van der Waals surface area contributed by atoms with Gasteiger partial charge in [0.05, 0.1) is 12.2 Å². The highest BCUT2D eigenvalue weighted by Gasteiger charge is 2.12. The van der Waals surface area contributed by atoms with E-state index in [1.807, 2.05) is 11.6 Å². The Bertz CT molecular complexity index is 387. The van der Waals surface area contributed by atoms with Crippen molar-refractivity contribution in [3.8, 4) is 0 Å². The summed E-state index contributed by atoms with van der Waals surface area (Å²) in [6, 6.07) is 0.368. The zero-order valence-electron chi connectivity index (χ0n) is 9.74. The van der Waals surface area contributed by atoms with Gasteiger partial charge < -0.3 is 0 Å². The monoisotopic (exact) mass is 207 g/mol. The van der Waals surface area contributed by atoms with Crippen LogP contribution in [-0.4, -0.2) is 22.4 Å². The summed E-state index contributed by atoms with van der Waals surface area (Å²) < 4.78 is 2.01. The summed E-state index contributed by atoms with van der Waals surface area (Å²) in [6.07, 6.45) is 2.32. The first-order valence-corrected chi connectivity index (χ1v) is 5.16. The molecular weight excluding hydrogens is 190 g/mol.